The van der Waals surface area contributed by atoms with Gasteiger partial charge in [-0.25, -0.2) is 5.43 Å². The smallest absolute Gasteiger partial charge is 0.250 e. The molecule has 3 rings (SSSR count). The number of carbonyl (C=O) groups is 1. The molecule has 0 aromatic heterocycles. The van der Waals surface area contributed by atoms with Gasteiger partial charge in [0.2, 0.25) is 12.7 Å². The van der Waals surface area contributed by atoms with Gasteiger partial charge in [-0.2, -0.15) is 5.10 Å². The van der Waals surface area contributed by atoms with Crippen LogP contribution in [-0.4, -0.2) is 24.7 Å². The molecule has 6 heteroatoms. The van der Waals surface area contributed by atoms with Crippen LogP contribution in [0.15, 0.2) is 52.5 Å². The van der Waals surface area contributed by atoms with Gasteiger partial charge in [-0.1, -0.05) is 17.7 Å². The Morgan fingerprint density at radius 2 is 2.00 bits per heavy atom. The first-order valence-electron chi connectivity index (χ1n) is 7.12. The highest BCUT2D eigenvalue weighted by atomic mass is 32.2. The van der Waals surface area contributed by atoms with Crippen LogP contribution < -0.4 is 14.9 Å². The summed E-state index contributed by atoms with van der Waals surface area (Å²) < 4.78 is 10.5. The number of carbonyl (C=O) groups excluding carboxylic acids is 1. The molecule has 1 aliphatic rings. The molecule has 0 atom stereocenters. The Morgan fingerprint density at radius 1 is 1.22 bits per heavy atom. The SMILES string of the molecule is Cc1ccc(SCC(=O)N/N=C\c2ccc3c(c2)OCO3)cc1. The van der Waals surface area contributed by atoms with Crippen molar-refractivity contribution in [2.24, 2.45) is 5.10 Å². The highest BCUT2D eigenvalue weighted by Gasteiger charge is 2.12. The minimum absolute atomic E-state index is 0.146. The van der Waals surface area contributed by atoms with Crippen molar-refractivity contribution in [2.75, 3.05) is 12.5 Å². The van der Waals surface area contributed by atoms with E-state index in [0.29, 0.717) is 11.5 Å². The zero-order chi connectivity index (χ0) is 16.1. The summed E-state index contributed by atoms with van der Waals surface area (Å²) in [7, 11) is 0. The number of nitrogens with one attached hydrogen (secondary N) is 1. The third-order valence-corrected chi connectivity index (χ3v) is 4.20. The van der Waals surface area contributed by atoms with E-state index in [-0.39, 0.29) is 12.7 Å². The molecule has 0 saturated carbocycles. The summed E-state index contributed by atoms with van der Waals surface area (Å²) >= 11 is 1.48. The van der Waals surface area contributed by atoms with E-state index in [1.54, 1.807) is 6.21 Å². The Hall–Kier alpha value is -2.47. The van der Waals surface area contributed by atoms with Gasteiger partial charge in [0.1, 0.15) is 0 Å². The van der Waals surface area contributed by atoms with Crippen molar-refractivity contribution in [3.8, 4) is 11.5 Å². The summed E-state index contributed by atoms with van der Waals surface area (Å²) in [6.07, 6.45) is 1.58. The summed E-state index contributed by atoms with van der Waals surface area (Å²) in [4.78, 5) is 12.8. The van der Waals surface area contributed by atoms with Gasteiger partial charge in [0.15, 0.2) is 11.5 Å². The number of aryl methyl sites for hydroxylation is 1. The molecule has 5 nitrogen and oxygen atoms in total. The Balaban J connectivity index is 1.47. The molecule has 1 aliphatic heterocycles. The van der Waals surface area contributed by atoms with Crippen molar-refractivity contribution in [2.45, 2.75) is 11.8 Å². The molecule has 118 valence electrons. The summed E-state index contributed by atoms with van der Waals surface area (Å²) in [6, 6.07) is 13.5. The molecule has 2 aromatic carbocycles. The monoisotopic (exact) mass is 328 g/mol. The van der Waals surface area contributed by atoms with Crippen molar-refractivity contribution < 1.29 is 14.3 Å². The van der Waals surface area contributed by atoms with Crippen molar-refractivity contribution in [1.82, 2.24) is 5.43 Å². The number of hydrogen-bond donors (Lipinski definition) is 1. The van der Waals surface area contributed by atoms with E-state index in [2.05, 4.69) is 10.5 Å². The molecule has 1 amide bonds. The zero-order valence-electron chi connectivity index (χ0n) is 12.6. The third kappa shape index (κ3) is 4.26. The number of benzene rings is 2. The maximum atomic E-state index is 11.8. The Kier molecular flexibility index (Phi) is 4.83. The van der Waals surface area contributed by atoms with Crippen LogP contribution in [-0.2, 0) is 4.79 Å². The number of rotatable bonds is 5. The average Bonchev–Trinajstić information content (AvgIpc) is 3.02. The van der Waals surface area contributed by atoms with Gasteiger partial charge < -0.3 is 9.47 Å². The van der Waals surface area contributed by atoms with Crippen LogP contribution in [0.4, 0.5) is 0 Å². The number of amides is 1. The summed E-state index contributed by atoms with van der Waals surface area (Å²) in [5, 5.41) is 3.96. The number of fused-ring (bicyclic) bond motifs is 1. The van der Waals surface area contributed by atoms with Gasteiger partial charge in [-0.05, 0) is 42.8 Å². The minimum atomic E-state index is -0.146. The quantitative estimate of drug-likeness (QED) is 0.521. The molecule has 0 bridgehead atoms. The highest BCUT2D eigenvalue weighted by molar-refractivity contribution is 8.00. The van der Waals surface area contributed by atoms with E-state index in [1.807, 2.05) is 49.4 Å². The fourth-order valence-corrected chi connectivity index (χ4v) is 2.68. The number of ether oxygens (including phenoxy) is 2. The van der Waals surface area contributed by atoms with Crippen LogP contribution in [0.3, 0.4) is 0 Å². The summed E-state index contributed by atoms with van der Waals surface area (Å²) in [6.45, 7) is 2.27. The first kappa shape index (κ1) is 15.4. The minimum Gasteiger partial charge on any atom is -0.454 e. The van der Waals surface area contributed by atoms with Crippen molar-refractivity contribution in [3.63, 3.8) is 0 Å². The van der Waals surface area contributed by atoms with E-state index in [9.17, 15) is 4.79 Å². The maximum Gasteiger partial charge on any atom is 0.250 e. The fraction of sp³-hybridized carbons (Fsp3) is 0.176. The van der Waals surface area contributed by atoms with E-state index in [1.165, 1.54) is 17.3 Å². The van der Waals surface area contributed by atoms with Gasteiger partial charge in [-0.3, -0.25) is 4.79 Å². The average molecular weight is 328 g/mol. The van der Waals surface area contributed by atoms with Gasteiger partial charge in [0, 0.05) is 4.90 Å². The topological polar surface area (TPSA) is 59.9 Å². The first-order chi connectivity index (χ1) is 11.2. The second-order valence-electron chi connectivity index (χ2n) is 5.01. The molecule has 0 unspecified atom stereocenters. The van der Waals surface area contributed by atoms with Crippen molar-refractivity contribution >= 4 is 23.9 Å². The van der Waals surface area contributed by atoms with Crippen LogP contribution >= 0.6 is 11.8 Å². The lowest BCUT2D eigenvalue weighted by atomic mass is 10.2. The van der Waals surface area contributed by atoms with E-state index < -0.39 is 0 Å². The molecule has 23 heavy (non-hydrogen) atoms. The Morgan fingerprint density at radius 3 is 2.83 bits per heavy atom. The lowest BCUT2D eigenvalue weighted by Crippen LogP contribution is -2.19. The molecule has 1 N–H and O–H groups in total. The van der Waals surface area contributed by atoms with E-state index in [4.69, 9.17) is 9.47 Å². The number of nitrogens with zero attached hydrogens (tertiary/aromatic N) is 1. The second kappa shape index (κ2) is 7.19. The van der Waals surface area contributed by atoms with Crippen LogP contribution in [0.25, 0.3) is 0 Å². The van der Waals surface area contributed by atoms with Gasteiger partial charge in [0.05, 0.1) is 12.0 Å². The lowest BCUT2D eigenvalue weighted by molar-refractivity contribution is -0.118. The van der Waals surface area contributed by atoms with Crippen LogP contribution in [0.5, 0.6) is 11.5 Å². The van der Waals surface area contributed by atoms with Gasteiger partial charge >= 0.3 is 0 Å². The fourth-order valence-electron chi connectivity index (χ4n) is 1.99. The first-order valence-corrected chi connectivity index (χ1v) is 8.10. The van der Waals surface area contributed by atoms with E-state index in [0.717, 1.165) is 16.2 Å². The van der Waals surface area contributed by atoms with Crippen LogP contribution in [0.2, 0.25) is 0 Å². The van der Waals surface area contributed by atoms with Crippen molar-refractivity contribution in [3.05, 3.63) is 53.6 Å². The van der Waals surface area contributed by atoms with Crippen molar-refractivity contribution in [1.29, 1.82) is 0 Å². The normalized spacial score (nSPS) is 12.6. The summed E-state index contributed by atoms with van der Waals surface area (Å²) in [5.41, 5.74) is 4.55. The largest absolute Gasteiger partial charge is 0.454 e. The number of hydrogen-bond acceptors (Lipinski definition) is 5. The molecular formula is C17H16N2O3S. The Labute approximate surface area is 138 Å². The second-order valence-corrected chi connectivity index (χ2v) is 6.06. The van der Waals surface area contributed by atoms with Gasteiger partial charge in [-0.15, -0.1) is 11.8 Å². The van der Waals surface area contributed by atoms with Crippen LogP contribution in [0.1, 0.15) is 11.1 Å². The van der Waals surface area contributed by atoms with Crippen LogP contribution in [0, 0.1) is 6.92 Å². The molecule has 2 aromatic rings. The maximum absolute atomic E-state index is 11.8. The molecule has 1 heterocycles. The van der Waals surface area contributed by atoms with Gasteiger partial charge in [0.25, 0.3) is 0 Å². The predicted octanol–water partition coefficient (Wildman–Crippen LogP) is 2.97. The van der Waals surface area contributed by atoms with E-state index >= 15 is 0 Å². The standard InChI is InChI=1S/C17H16N2O3S/c1-12-2-5-14(6-3-12)23-10-17(20)19-18-9-13-4-7-15-16(8-13)22-11-21-15/h2-9H,10-11H2,1H3,(H,19,20)/b18-9-. The molecule has 0 spiro atoms. The number of hydrazone groups is 1. The molecule has 0 saturated heterocycles. The highest BCUT2D eigenvalue weighted by Crippen LogP contribution is 2.31. The Bertz CT molecular complexity index is 729. The molecule has 0 aliphatic carbocycles. The number of thioether (sulfide) groups is 1. The molecule has 0 fully saturated rings. The molecular weight excluding hydrogens is 312 g/mol. The third-order valence-electron chi connectivity index (χ3n) is 3.19. The molecule has 0 radical (unpaired) electrons. The predicted molar refractivity (Wildman–Crippen MR) is 90.2 cm³/mol. The summed E-state index contributed by atoms with van der Waals surface area (Å²) in [5.74, 6) is 1.59. The lowest BCUT2D eigenvalue weighted by Gasteiger charge is -2.01. The zero-order valence-corrected chi connectivity index (χ0v) is 13.4.